The molecule has 7 N–H and O–H groups in total. The second kappa shape index (κ2) is 15.6. The van der Waals surface area contributed by atoms with Gasteiger partial charge in [0.15, 0.2) is 0 Å². The van der Waals surface area contributed by atoms with E-state index >= 15 is 0 Å². The molecule has 0 bridgehead atoms. The Morgan fingerprint density at radius 3 is 1.73 bits per heavy atom. The highest BCUT2D eigenvalue weighted by molar-refractivity contribution is 6.58. The number of nitrogens with zero attached hydrogens (tertiary/aromatic N) is 5. The molecule has 0 fully saturated rings. The van der Waals surface area contributed by atoms with Crippen molar-refractivity contribution < 1.29 is 29.1 Å². The lowest BCUT2D eigenvalue weighted by molar-refractivity contribution is 0.0507. The molecule has 6 rings (SSSR count). The molecule has 2 aromatic heterocycles. The standard InChI is InChI=1S/C17H22N4O2.C11H18N4O2.C6H7BO2/c1-17(2,3)23-16(22)21-15(18)13-9-10-20(11-14(13)19-21)12-7-5-4-6-8-12;1-11(2,3)17-10(16)15-9(12)7-4-5-13-6-8(7)14-15;8-7(9)6-4-2-1-3-5-6/h4-8H,9-11,18H2,1-3H3;13H,4-6,12H2,1-3H3;1-5,8-9H. The molecule has 2 aliphatic rings. The van der Waals surface area contributed by atoms with E-state index in [2.05, 4.69) is 32.5 Å². The number of para-hydroxylation sites is 1. The number of nitrogens with two attached hydrogens (primary N) is 2. The van der Waals surface area contributed by atoms with Crippen LogP contribution < -0.4 is 27.1 Å². The van der Waals surface area contributed by atoms with Crippen molar-refractivity contribution in [1.29, 1.82) is 0 Å². The van der Waals surface area contributed by atoms with Crippen LogP contribution in [0.1, 0.15) is 64.1 Å². The van der Waals surface area contributed by atoms with Crippen LogP contribution in [0, 0.1) is 0 Å². The number of anilines is 3. The number of nitrogens with one attached hydrogen (secondary N) is 1. The number of ether oxygens (including phenoxy) is 2. The average Bonchev–Trinajstić information content (AvgIpc) is 3.57. The minimum absolute atomic E-state index is 0.391. The molecular weight excluding hydrogens is 627 g/mol. The molecule has 14 nitrogen and oxygen atoms in total. The summed E-state index contributed by atoms with van der Waals surface area (Å²) in [5, 5.41) is 28.9. The van der Waals surface area contributed by atoms with Gasteiger partial charge >= 0.3 is 19.3 Å². The molecule has 0 aliphatic carbocycles. The Morgan fingerprint density at radius 2 is 1.27 bits per heavy atom. The molecule has 0 radical (unpaired) electrons. The molecule has 0 amide bonds. The number of carbonyl (C=O) groups is 2. The van der Waals surface area contributed by atoms with Crippen LogP contribution in [0.15, 0.2) is 60.7 Å². The van der Waals surface area contributed by atoms with E-state index in [0.29, 0.717) is 30.2 Å². The van der Waals surface area contributed by atoms with Gasteiger partial charge in [0.2, 0.25) is 0 Å². The molecular formula is C34H47BN8O6. The van der Waals surface area contributed by atoms with Crippen molar-refractivity contribution in [3.63, 3.8) is 0 Å². The molecule has 0 spiro atoms. The van der Waals surface area contributed by atoms with Gasteiger partial charge in [0, 0.05) is 29.9 Å². The van der Waals surface area contributed by atoms with Gasteiger partial charge in [-0.1, -0.05) is 48.5 Å². The fourth-order valence-corrected chi connectivity index (χ4v) is 5.13. The zero-order valence-corrected chi connectivity index (χ0v) is 29.0. The Hall–Kier alpha value is -4.86. The molecule has 0 atom stereocenters. The van der Waals surface area contributed by atoms with E-state index in [9.17, 15) is 9.59 Å². The number of carbonyl (C=O) groups excluding carboxylic acids is 2. The second-order valence-corrected chi connectivity index (χ2v) is 13.6. The third kappa shape index (κ3) is 10.1. The fraction of sp³-hybridized carbons (Fsp3) is 0.412. The third-order valence-electron chi connectivity index (χ3n) is 7.38. The summed E-state index contributed by atoms with van der Waals surface area (Å²) in [6.45, 7) is 13.9. The second-order valence-electron chi connectivity index (χ2n) is 13.6. The summed E-state index contributed by atoms with van der Waals surface area (Å²) < 4.78 is 12.9. The SMILES string of the molecule is CC(C)(C)OC(=O)n1nc2c(c1N)CCN(c1ccccc1)C2.CC(C)(C)OC(=O)n1nc2c(c1N)CCNC2.OB(O)c1ccccc1. The van der Waals surface area contributed by atoms with Crippen molar-refractivity contribution in [3.8, 4) is 0 Å². The van der Waals surface area contributed by atoms with E-state index in [4.69, 9.17) is 31.0 Å². The predicted molar refractivity (Wildman–Crippen MR) is 189 cm³/mol. The van der Waals surface area contributed by atoms with E-state index in [-0.39, 0.29) is 0 Å². The van der Waals surface area contributed by atoms with Gasteiger partial charge in [-0.2, -0.15) is 10.2 Å². The first-order valence-electron chi connectivity index (χ1n) is 16.1. The monoisotopic (exact) mass is 674 g/mol. The molecule has 49 heavy (non-hydrogen) atoms. The highest BCUT2D eigenvalue weighted by atomic mass is 16.6. The van der Waals surface area contributed by atoms with Gasteiger partial charge in [0.25, 0.3) is 0 Å². The van der Waals surface area contributed by atoms with Crippen LogP contribution in [0.5, 0.6) is 0 Å². The summed E-state index contributed by atoms with van der Waals surface area (Å²) in [7, 11) is -1.34. The van der Waals surface area contributed by atoms with E-state index in [0.717, 1.165) is 58.8 Å². The molecule has 4 heterocycles. The Kier molecular flexibility index (Phi) is 11.8. The smallest absolute Gasteiger partial charge is 0.442 e. The number of aromatic nitrogens is 4. The van der Waals surface area contributed by atoms with Crippen molar-refractivity contribution in [2.45, 2.75) is 78.7 Å². The number of fused-ring (bicyclic) bond motifs is 2. The first kappa shape index (κ1) is 37.0. The van der Waals surface area contributed by atoms with Crippen LogP contribution in [0.2, 0.25) is 0 Å². The van der Waals surface area contributed by atoms with Gasteiger partial charge in [-0.25, -0.2) is 9.59 Å². The van der Waals surface area contributed by atoms with E-state index < -0.39 is 30.5 Å². The highest BCUT2D eigenvalue weighted by Gasteiger charge is 2.28. The molecule has 0 saturated carbocycles. The number of hydrogen-bond donors (Lipinski definition) is 5. The Bertz CT molecular complexity index is 1710. The molecule has 2 aliphatic heterocycles. The maximum absolute atomic E-state index is 12.2. The topological polar surface area (TPSA) is 196 Å². The van der Waals surface area contributed by atoms with Gasteiger partial charge in [-0.05, 0) is 78.5 Å². The normalized spacial score (nSPS) is 13.8. The lowest BCUT2D eigenvalue weighted by Gasteiger charge is -2.28. The van der Waals surface area contributed by atoms with Gasteiger partial charge in [0.1, 0.15) is 22.8 Å². The minimum Gasteiger partial charge on any atom is -0.442 e. The predicted octanol–water partition coefficient (Wildman–Crippen LogP) is 3.07. The molecule has 262 valence electrons. The van der Waals surface area contributed by atoms with Crippen molar-refractivity contribution in [1.82, 2.24) is 24.9 Å². The first-order chi connectivity index (χ1) is 23.0. The lowest BCUT2D eigenvalue weighted by atomic mass is 9.81. The Morgan fingerprint density at radius 1 is 0.776 bits per heavy atom. The summed E-state index contributed by atoms with van der Waals surface area (Å²) in [6, 6.07) is 18.8. The molecule has 4 aromatic rings. The zero-order chi connectivity index (χ0) is 35.9. The van der Waals surface area contributed by atoms with Gasteiger partial charge in [-0.15, -0.1) is 9.36 Å². The first-order valence-corrected chi connectivity index (χ1v) is 16.1. The number of benzene rings is 2. The Balaban J connectivity index is 0.000000182. The van der Waals surface area contributed by atoms with Crippen LogP contribution in [-0.4, -0.2) is 73.2 Å². The summed E-state index contributed by atoms with van der Waals surface area (Å²) in [4.78, 5) is 26.3. The minimum atomic E-state index is -1.34. The third-order valence-corrected chi connectivity index (χ3v) is 7.38. The van der Waals surface area contributed by atoms with Crippen LogP contribution in [0.4, 0.5) is 26.9 Å². The van der Waals surface area contributed by atoms with Crippen LogP contribution in [-0.2, 0) is 35.4 Å². The Labute approximate surface area is 287 Å². The largest absolute Gasteiger partial charge is 0.488 e. The molecule has 15 heteroatoms. The van der Waals surface area contributed by atoms with Gasteiger partial charge < -0.3 is 41.2 Å². The van der Waals surface area contributed by atoms with E-state index in [1.165, 1.54) is 4.68 Å². The number of hydrogen-bond acceptors (Lipinski definition) is 12. The van der Waals surface area contributed by atoms with Crippen molar-refractivity contribution >= 4 is 42.1 Å². The number of rotatable bonds is 2. The maximum Gasteiger partial charge on any atom is 0.488 e. The average molecular weight is 675 g/mol. The lowest BCUT2D eigenvalue weighted by Crippen LogP contribution is -2.30. The molecule has 0 unspecified atom stereocenters. The fourth-order valence-electron chi connectivity index (χ4n) is 5.13. The van der Waals surface area contributed by atoms with Crippen LogP contribution in [0.25, 0.3) is 0 Å². The summed E-state index contributed by atoms with van der Waals surface area (Å²) in [6.07, 6.45) is 0.503. The quantitative estimate of drug-likeness (QED) is 0.195. The summed E-state index contributed by atoms with van der Waals surface area (Å²) >= 11 is 0. The van der Waals surface area contributed by atoms with Crippen LogP contribution >= 0.6 is 0 Å². The van der Waals surface area contributed by atoms with Gasteiger partial charge in [0.05, 0.1) is 17.9 Å². The van der Waals surface area contributed by atoms with Crippen LogP contribution in [0.3, 0.4) is 0 Å². The molecule has 0 saturated heterocycles. The summed E-state index contributed by atoms with van der Waals surface area (Å²) in [5.41, 5.74) is 16.1. The van der Waals surface area contributed by atoms with Gasteiger partial charge in [-0.3, -0.25) is 0 Å². The van der Waals surface area contributed by atoms with Crippen molar-refractivity contribution in [3.05, 3.63) is 83.2 Å². The highest BCUT2D eigenvalue weighted by Crippen LogP contribution is 2.28. The van der Waals surface area contributed by atoms with Crippen molar-refractivity contribution in [2.24, 2.45) is 0 Å². The molecule has 2 aromatic carbocycles. The zero-order valence-electron chi connectivity index (χ0n) is 29.0. The van der Waals surface area contributed by atoms with Crippen molar-refractivity contribution in [2.75, 3.05) is 29.5 Å². The maximum atomic E-state index is 12.2. The summed E-state index contributed by atoms with van der Waals surface area (Å²) in [5.74, 6) is 0.790. The van der Waals surface area contributed by atoms with E-state index in [1.54, 1.807) is 24.3 Å². The number of nitrogen functional groups attached to an aromatic ring is 2. The van der Waals surface area contributed by atoms with E-state index in [1.807, 2.05) is 65.8 Å².